The van der Waals surface area contributed by atoms with Crippen LogP contribution in [-0.4, -0.2) is 5.78 Å². The first kappa shape index (κ1) is 12.7. The van der Waals surface area contributed by atoms with Crippen LogP contribution in [0.15, 0.2) is 18.2 Å². The van der Waals surface area contributed by atoms with E-state index in [0.29, 0.717) is 23.6 Å². The van der Waals surface area contributed by atoms with E-state index in [1.165, 1.54) is 18.2 Å². The Labute approximate surface area is 95.7 Å². The number of nitrogen functional groups attached to an aromatic ring is 1. The fraction of sp³-hybridized carbons (Fsp3) is 0.462. The van der Waals surface area contributed by atoms with Crippen LogP contribution in [0, 0.1) is 11.7 Å². The molecule has 2 N–H and O–H groups in total. The summed E-state index contributed by atoms with van der Waals surface area (Å²) < 4.78 is 13.0. The largest absolute Gasteiger partial charge is 0.398 e. The summed E-state index contributed by atoms with van der Waals surface area (Å²) in [4.78, 5) is 11.9. The van der Waals surface area contributed by atoms with Gasteiger partial charge >= 0.3 is 0 Å². The molecular formula is C13H18FNO. The van der Waals surface area contributed by atoms with Crippen LogP contribution >= 0.6 is 0 Å². The van der Waals surface area contributed by atoms with E-state index in [4.69, 9.17) is 5.73 Å². The SMILES string of the molecule is CCC(CC)CC(=O)c1cc(F)ccc1N. The number of halogens is 1. The van der Waals surface area contributed by atoms with Gasteiger partial charge in [-0.05, 0) is 24.1 Å². The topological polar surface area (TPSA) is 43.1 Å². The Morgan fingerprint density at radius 3 is 2.56 bits per heavy atom. The average molecular weight is 223 g/mol. The van der Waals surface area contributed by atoms with Gasteiger partial charge in [-0.25, -0.2) is 4.39 Å². The minimum Gasteiger partial charge on any atom is -0.398 e. The smallest absolute Gasteiger partial charge is 0.165 e. The summed E-state index contributed by atoms with van der Waals surface area (Å²) in [7, 11) is 0. The second-order valence-corrected chi connectivity index (χ2v) is 4.04. The van der Waals surface area contributed by atoms with Crippen molar-refractivity contribution < 1.29 is 9.18 Å². The molecule has 0 radical (unpaired) electrons. The minimum atomic E-state index is -0.415. The van der Waals surface area contributed by atoms with Gasteiger partial charge in [0, 0.05) is 17.7 Å². The van der Waals surface area contributed by atoms with E-state index in [9.17, 15) is 9.18 Å². The Bertz CT molecular complexity index is 372. The highest BCUT2D eigenvalue weighted by Gasteiger charge is 2.15. The number of rotatable bonds is 5. The molecule has 1 aromatic carbocycles. The molecule has 88 valence electrons. The minimum absolute atomic E-state index is 0.0642. The van der Waals surface area contributed by atoms with Crippen molar-refractivity contribution in [3.63, 3.8) is 0 Å². The average Bonchev–Trinajstić information content (AvgIpc) is 2.28. The summed E-state index contributed by atoms with van der Waals surface area (Å²) in [6.07, 6.45) is 2.36. The zero-order chi connectivity index (χ0) is 12.1. The third-order valence-electron chi connectivity index (χ3n) is 2.94. The number of Topliss-reactive ketones (excluding diaryl/α,β-unsaturated/α-hetero) is 1. The molecule has 16 heavy (non-hydrogen) atoms. The quantitative estimate of drug-likeness (QED) is 0.614. The summed E-state index contributed by atoms with van der Waals surface area (Å²) >= 11 is 0. The predicted molar refractivity (Wildman–Crippen MR) is 63.8 cm³/mol. The molecule has 0 bridgehead atoms. The van der Waals surface area contributed by atoms with Gasteiger partial charge < -0.3 is 5.73 Å². The van der Waals surface area contributed by atoms with Gasteiger partial charge in [-0.2, -0.15) is 0 Å². The molecule has 2 nitrogen and oxygen atoms in total. The molecule has 1 rings (SSSR count). The second kappa shape index (κ2) is 5.64. The summed E-state index contributed by atoms with van der Waals surface area (Å²) in [6.45, 7) is 4.10. The number of nitrogens with two attached hydrogens (primary N) is 1. The van der Waals surface area contributed by atoms with Crippen molar-refractivity contribution in [3.05, 3.63) is 29.6 Å². The first-order chi connectivity index (χ1) is 7.58. The van der Waals surface area contributed by atoms with E-state index in [2.05, 4.69) is 13.8 Å². The van der Waals surface area contributed by atoms with Crippen LogP contribution in [-0.2, 0) is 0 Å². The molecule has 0 amide bonds. The van der Waals surface area contributed by atoms with Crippen molar-refractivity contribution >= 4 is 11.5 Å². The summed E-state index contributed by atoms with van der Waals surface area (Å²) in [6, 6.07) is 3.93. The van der Waals surface area contributed by atoms with Crippen molar-refractivity contribution in [2.45, 2.75) is 33.1 Å². The molecule has 0 aliphatic carbocycles. The van der Waals surface area contributed by atoms with Gasteiger partial charge in [-0.3, -0.25) is 4.79 Å². The van der Waals surface area contributed by atoms with Crippen molar-refractivity contribution in [1.82, 2.24) is 0 Å². The molecule has 0 fully saturated rings. The Kier molecular flexibility index (Phi) is 4.47. The van der Waals surface area contributed by atoms with Crippen LogP contribution in [0.2, 0.25) is 0 Å². The third-order valence-corrected chi connectivity index (χ3v) is 2.94. The van der Waals surface area contributed by atoms with Crippen molar-refractivity contribution in [1.29, 1.82) is 0 Å². The highest BCUT2D eigenvalue weighted by molar-refractivity contribution is 6.00. The first-order valence-electron chi connectivity index (χ1n) is 5.66. The molecule has 1 aromatic rings. The van der Waals surface area contributed by atoms with Crippen LogP contribution in [0.25, 0.3) is 0 Å². The molecule has 0 saturated carbocycles. The maximum Gasteiger partial charge on any atom is 0.165 e. The predicted octanol–water partition coefficient (Wildman–Crippen LogP) is 3.42. The number of hydrogen-bond donors (Lipinski definition) is 1. The Hall–Kier alpha value is -1.38. The lowest BCUT2D eigenvalue weighted by atomic mass is 9.93. The molecule has 0 atom stereocenters. The van der Waals surface area contributed by atoms with E-state index in [0.717, 1.165) is 12.8 Å². The molecule has 3 heteroatoms. The fourth-order valence-corrected chi connectivity index (χ4v) is 1.72. The molecular weight excluding hydrogens is 205 g/mol. The molecule has 0 aliphatic heterocycles. The van der Waals surface area contributed by atoms with Crippen LogP contribution in [0.5, 0.6) is 0 Å². The fourth-order valence-electron chi connectivity index (χ4n) is 1.72. The van der Waals surface area contributed by atoms with Crippen molar-refractivity contribution in [3.8, 4) is 0 Å². The highest BCUT2D eigenvalue weighted by Crippen LogP contribution is 2.20. The van der Waals surface area contributed by atoms with Gasteiger partial charge in [0.1, 0.15) is 5.82 Å². The Morgan fingerprint density at radius 1 is 1.38 bits per heavy atom. The van der Waals surface area contributed by atoms with E-state index in [1.807, 2.05) is 0 Å². The van der Waals surface area contributed by atoms with Crippen LogP contribution in [0.4, 0.5) is 10.1 Å². The number of benzene rings is 1. The molecule has 0 unspecified atom stereocenters. The lowest BCUT2D eigenvalue weighted by Gasteiger charge is -2.12. The van der Waals surface area contributed by atoms with Gasteiger partial charge in [-0.1, -0.05) is 26.7 Å². The number of carbonyl (C=O) groups excluding carboxylic acids is 1. The van der Waals surface area contributed by atoms with Crippen LogP contribution in [0.1, 0.15) is 43.5 Å². The van der Waals surface area contributed by atoms with Crippen LogP contribution < -0.4 is 5.73 Å². The lowest BCUT2D eigenvalue weighted by molar-refractivity contribution is 0.0959. The maximum atomic E-state index is 13.0. The monoisotopic (exact) mass is 223 g/mol. The van der Waals surface area contributed by atoms with Gasteiger partial charge in [0.2, 0.25) is 0 Å². The first-order valence-corrected chi connectivity index (χ1v) is 5.66. The molecule has 0 aromatic heterocycles. The number of ketones is 1. The van der Waals surface area contributed by atoms with Gasteiger partial charge in [0.25, 0.3) is 0 Å². The van der Waals surface area contributed by atoms with Crippen molar-refractivity contribution in [2.24, 2.45) is 5.92 Å². The van der Waals surface area contributed by atoms with Gasteiger partial charge in [0.15, 0.2) is 5.78 Å². The molecule has 0 spiro atoms. The van der Waals surface area contributed by atoms with Gasteiger partial charge in [0.05, 0.1) is 0 Å². The van der Waals surface area contributed by atoms with E-state index in [1.54, 1.807) is 0 Å². The maximum absolute atomic E-state index is 13.0. The van der Waals surface area contributed by atoms with E-state index >= 15 is 0 Å². The Morgan fingerprint density at radius 2 is 2.00 bits per heavy atom. The summed E-state index contributed by atoms with van der Waals surface area (Å²) in [5, 5.41) is 0. The number of hydrogen-bond acceptors (Lipinski definition) is 2. The molecule has 0 aliphatic rings. The van der Waals surface area contributed by atoms with E-state index in [-0.39, 0.29) is 5.78 Å². The highest BCUT2D eigenvalue weighted by atomic mass is 19.1. The third kappa shape index (κ3) is 3.05. The number of carbonyl (C=O) groups is 1. The zero-order valence-corrected chi connectivity index (χ0v) is 9.79. The van der Waals surface area contributed by atoms with Crippen molar-refractivity contribution in [2.75, 3.05) is 5.73 Å². The molecule has 0 saturated heterocycles. The second-order valence-electron chi connectivity index (χ2n) is 4.04. The lowest BCUT2D eigenvalue weighted by Crippen LogP contribution is -2.10. The summed E-state index contributed by atoms with van der Waals surface area (Å²) in [5.74, 6) is -0.122. The zero-order valence-electron chi connectivity index (χ0n) is 9.79. The summed E-state index contributed by atoms with van der Waals surface area (Å²) in [5.41, 5.74) is 6.33. The number of anilines is 1. The molecule has 0 heterocycles. The van der Waals surface area contributed by atoms with Gasteiger partial charge in [-0.15, -0.1) is 0 Å². The van der Waals surface area contributed by atoms with Crippen LogP contribution in [0.3, 0.4) is 0 Å². The standard InChI is InChI=1S/C13H18FNO/c1-3-9(4-2)7-13(16)11-8-10(14)5-6-12(11)15/h5-6,8-9H,3-4,7,15H2,1-2H3. The van der Waals surface area contributed by atoms with E-state index < -0.39 is 5.82 Å². The Balaban J connectivity index is 2.83. The normalized spacial score (nSPS) is 10.8.